The van der Waals surface area contributed by atoms with E-state index in [-0.39, 0.29) is 24.3 Å². The van der Waals surface area contributed by atoms with Crippen molar-refractivity contribution < 1.29 is 14.3 Å². The Morgan fingerprint density at radius 3 is 2.39 bits per heavy atom. The van der Waals surface area contributed by atoms with Crippen LogP contribution in [0, 0.1) is 0 Å². The summed E-state index contributed by atoms with van der Waals surface area (Å²) in [5.41, 5.74) is 4.06. The summed E-state index contributed by atoms with van der Waals surface area (Å²) in [6, 6.07) is 22.6. The zero-order valence-corrected chi connectivity index (χ0v) is 20.1. The number of amides is 1. The number of carbonyl (C=O) groups excluding carboxylic acids is 1. The zero-order chi connectivity index (χ0) is 24.9. The van der Waals surface area contributed by atoms with Crippen LogP contribution in [0.25, 0.3) is 16.7 Å². The lowest BCUT2D eigenvalue weighted by atomic mass is 10.2. The molecule has 1 saturated heterocycles. The SMILES string of the molecule is COc1ccc(-n2c(=O)c(CCC(=O)Nc3ccc(N4CCOCC4)cc3)nc3ccccc32)cc1. The number of hydrogen-bond donors (Lipinski definition) is 1. The third-order valence-electron chi connectivity index (χ3n) is 6.27. The van der Waals surface area contributed by atoms with Gasteiger partial charge in [-0.3, -0.25) is 14.2 Å². The van der Waals surface area contributed by atoms with Gasteiger partial charge in [-0.05, 0) is 60.7 Å². The van der Waals surface area contributed by atoms with Crippen molar-refractivity contribution in [2.45, 2.75) is 12.8 Å². The summed E-state index contributed by atoms with van der Waals surface area (Å²) < 4.78 is 12.3. The topological polar surface area (TPSA) is 85.7 Å². The van der Waals surface area contributed by atoms with Gasteiger partial charge in [0, 0.05) is 43.0 Å². The number of para-hydroxylation sites is 2. The number of aromatic nitrogens is 2. The lowest BCUT2D eigenvalue weighted by Crippen LogP contribution is -2.36. The molecule has 1 fully saturated rings. The van der Waals surface area contributed by atoms with Gasteiger partial charge in [0.05, 0.1) is 31.4 Å². The van der Waals surface area contributed by atoms with Gasteiger partial charge in [0.2, 0.25) is 5.91 Å². The van der Waals surface area contributed by atoms with Crippen LogP contribution in [0.1, 0.15) is 12.1 Å². The van der Waals surface area contributed by atoms with Crippen molar-refractivity contribution >= 4 is 28.3 Å². The summed E-state index contributed by atoms with van der Waals surface area (Å²) in [6.45, 7) is 3.17. The smallest absolute Gasteiger partial charge is 0.277 e. The molecule has 0 radical (unpaired) electrons. The Kier molecular flexibility index (Phi) is 6.95. The van der Waals surface area contributed by atoms with E-state index in [0.717, 1.165) is 37.7 Å². The van der Waals surface area contributed by atoms with Crippen molar-refractivity contribution in [3.63, 3.8) is 0 Å². The summed E-state index contributed by atoms with van der Waals surface area (Å²) in [5.74, 6) is 0.541. The Bertz CT molecular complexity index is 1410. The molecule has 4 aromatic rings. The van der Waals surface area contributed by atoms with Crippen LogP contribution in [0.3, 0.4) is 0 Å². The Hall–Kier alpha value is -4.17. The minimum absolute atomic E-state index is 0.147. The largest absolute Gasteiger partial charge is 0.497 e. The van der Waals surface area contributed by atoms with E-state index in [2.05, 4.69) is 15.2 Å². The van der Waals surface area contributed by atoms with Gasteiger partial charge in [-0.1, -0.05) is 12.1 Å². The number of morpholine rings is 1. The van der Waals surface area contributed by atoms with Crippen LogP contribution >= 0.6 is 0 Å². The monoisotopic (exact) mass is 484 g/mol. The van der Waals surface area contributed by atoms with Gasteiger partial charge in [0.25, 0.3) is 5.56 Å². The van der Waals surface area contributed by atoms with Crippen molar-refractivity contribution in [1.82, 2.24) is 9.55 Å². The molecule has 36 heavy (non-hydrogen) atoms. The Morgan fingerprint density at radius 2 is 1.67 bits per heavy atom. The van der Waals surface area contributed by atoms with E-state index < -0.39 is 0 Å². The first kappa shape index (κ1) is 23.6. The summed E-state index contributed by atoms with van der Waals surface area (Å²) in [5, 5.41) is 2.93. The third-order valence-corrected chi connectivity index (χ3v) is 6.27. The van der Waals surface area contributed by atoms with Gasteiger partial charge in [0.1, 0.15) is 11.4 Å². The molecule has 3 aromatic carbocycles. The first-order chi connectivity index (χ1) is 17.6. The van der Waals surface area contributed by atoms with Crippen molar-refractivity contribution in [3.8, 4) is 11.4 Å². The predicted molar refractivity (Wildman–Crippen MR) is 140 cm³/mol. The fourth-order valence-electron chi connectivity index (χ4n) is 4.36. The van der Waals surface area contributed by atoms with Crippen LogP contribution in [0.15, 0.2) is 77.6 Å². The van der Waals surface area contributed by atoms with E-state index in [0.29, 0.717) is 28.2 Å². The highest BCUT2D eigenvalue weighted by Gasteiger charge is 2.15. The number of ether oxygens (including phenoxy) is 2. The Morgan fingerprint density at radius 1 is 0.972 bits per heavy atom. The second kappa shape index (κ2) is 10.6. The fourth-order valence-corrected chi connectivity index (χ4v) is 4.36. The minimum Gasteiger partial charge on any atom is -0.497 e. The molecule has 0 unspecified atom stereocenters. The van der Waals surface area contributed by atoms with Gasteiger partial charge in [-0.25, -0.2) is 4.98 Å². The van der Waals surface area contributed by atoms with Crippen LogP contribution in [0.4, 0.5) is 11.4 Å². The van der Waals surface area contributed by atoms with E-state index in [9.17, 15) is 9.59 Å². The molecule has 0 spiro atoms. The van der Waals surface area contributed by atoms with E-state index in [1.165, 1.54) is 0 Å². The van der Waals surface area contributed by atoms with E-state index in [1.54, 1.807) is 11.7 Å². The first-order valence-electron chi connectivity index (χ1n) is 12.0. The molecule has 0 atom stereocenters. The number of nitrogens with zero attached hydrogens (tertiary/aromatic N) is 3. The Balaban J connectivity index is 1.32. The summed E-state index contributed by atoms with van der Waals surface area (Å²) >= 11 is 0. The second-order valence-corrected chi connectivity index (χ2v) is 8.58. The molecular formula is C28H28N4O4. The molecular weight excluding hydrogens is 456 g/mol. The lowest BCUT2D eigenvalue weighted by Gasteiger charge is -2.28. The highest BCUT2D eigenvalue weighted by molar-refractivity contribution is 5.91. The van der Waals surface area contributed by atoms with Crippen molar-refractivity contribution in [1.29, 1.82) is 0 Å². The number of anilines is 2. The molecule has 0 aliphatic carbocycles. The Labute approximate surface area is 209 Å². The van der Waals surface area contributed by atoms with Crippen LogP contribution in [-0.2, 0) is 16.0 Å². The van der Waals surface area contributed by atoms with Crippen molar-refractivity contribution in [2.24, 2.45) is 0 Å². The third kappa shape index (κ3) is 5.08. The number of benzene rings is 3. The van der Waals surface area contributed by atoms with Gasteiger partial charge in [-0.2, -0.15) is 0 Å². The number of nitrogens with one attached hydrogen (secondary N) is 1. The highest BCUT2D eigenvalue weighted by atomic mass is 16.5. The molecule has 0 saturated carbocycles. The van der Waals surface area contributed by atoms with Crippen LogP contribution in [0.2, 0.25) is 0 Å². The molecule has 5 rings (SSSR count). The minimum atomic E-state index is -0.235. The average molecular weight is 485 g/mol. The molecule has 1 amide bonds. The van der Waals surface area contributed by atoms with Crippen LogP contribution < -0.4 is 20.5 Å². The molecule has 8 heteroatoms. The number of fused-ring (bicyclic) bond motifs is 1. The number of aryl methyl sites for hydroxylation is 1. The standard InChI is InChI=1S/C28H28N4O4/c1-35-23-12-10-22(11-13-23)32-26-5-3-2-4-24(26)30-25(28(32)34)14-15-27(33)29-20-6-8-21(9-7-20)31-16-18-36-19-17-31/h2-13H,14-19H2,1H3,(H,29,33). The van der Waals surface area contributed by atoms with Gasteiger partial charge in [-0.15, -0.1) is 0 Å². The molecule has 184 valence electrons. The first-order valence-corrected chi connectivity index (χ1v) is 12.0. The molecule has 0 bridgehead atoms. The maximum Gasteiger partial charge on any atom is 0.277 e. The molecule has 2 heterocycles. The molecule has 1 aliphatic heterocycles. The zero-order valence-electron chi connectivity index (χ0n) is 20.1. The van der Waals surface area contributed by atoms with Crippen molar-refractivity contribution in [2.75, 3.05) is 43.6 Å². The predicted octanol–water partition coefficient (Wildman–Crippen LogP) is 3.80. The number of rotatable bonds is 7. The average Bonchev–Trinajstić information content (AvgIpc) is 2.93. The number of carbonyl (C=O) groups is 1. The summed E-state index contributed by atoms with van der Waals surface area (Å²) in [6.07, 6.45) is 0.381. The van der Waals surface area contributed by atoms with Crippen LogP contribution in [-0.4, -0.2) is 48.9 Å². The highest BCUT2D eigenvalue weighted by Crippen LogP contribution is 2.21. The molecule has 8 nitrogen and oxygen atoms in total. The molecule has 1 aromatic heterocycles. The van der Waals surface area contributed by atoms with E-state index in [4.69, 9.17) is 9.47 Å². The van der Waals surface area contributed by atoms with Gasteiger partial charge in [0.15, 0.2) is 0 Å². The van der Waals surface area contributed by atoms with E-state index >= 15 is 0 Å². The summed E-state index contributed by atoms with van der Waals surface area (Å²) in [7, 11) is 1.60. The van der Waals surface area contributed by atoms with E-state index in [1.807, 2.05) is 72.8 Å². The maximum absolute atomic E-state index is 13.4. The lowest BCUT2D eigenvalue weighted by molar-refractivity contribution is -0.116. The molecule has 1 N–H and O–H groups in total. The molecule has 1 aliphatic rings. The second-order valence-electron chi connectivity index (χ2n) is 8.58. The van der Waals surface area contributed by atoms with Gasteiger partial charge < -0.3 is 19.7 Å². The fraction of sp³-hybridized carbons (Fsp3) is 0.250. The number of hydrogen-bond acceptors (Lipinski definition) is 6. The van der Waals surface area contributed by atoms with Crippen LogP contribution in [0.5, 0.6) is 5.75 Å². The number of methoxy groups -OCH3 is 1. The normalized spacial score (nSPS) is 13.5. The van der Waals surface area contributed by atoms with Gasteiger partial charge >= 0.3 is 0 Å². The maximum atomic E-state index is 13.4. The van der Waals surface area contributed by atoms with Crippen molar-refractivity contribution in [3.05, 3.63) is 88.8 Å². The quantitative estimate of drug-likeness (QED) is 0.430. The summed E-state index contributed by atoms with van der Waals surface area (Å²) in [4.78, 5) is 32.9.